The van der Waals surface area contributed by atoms with Crippen LogP contribution in [0.25, 0.3) is 0 Å². The highest BCUT2D eigenvalue weighted by molar-refractivity contribution is 9.10. The first-order valence-corrected chi connectivity index (χ1v) is 8.10. The molecular formula is C16H18BrFN2O. The smallest absolute Gasteiger partial charge is 0.124 e. The van der Waals surface area contributed by atoms with Crippen LogP contribution in [0.5, 0.6) is 0 Å². The van der Waals surface area contributed by atoms with Crippen LogP contribution in [0, 0.1) is 5.82 Å². The summed E-state index contributed by atoms with van der Waals surface area (Å²) in [4.78, 5) is 0. The third-order valence-electron chi connectivity index (χ3n) is 4.09. The molecule has 1 saturated carbocycles. The van der Waals surface area contributed by atoms with E-state index in [4.69, 9.17) is 0 Å². The molecule has 1 aromatic carbocycles. The molecule has 0 aliphatic heterocycles. The lowest BCUT2D eigenvalue weighted by Gasteiger charge is -2.12. The zero-order valence-corrected chi connectivity index (χ0v) is 13.3. The largest absolute Gasteiger partial charge is 0.388 e. The summed E-state index contributed by atoms with van der Waals surface area (Å²) in [5.74, 6) is -0.316. The molecule has 2 aromatic rings. The average Bonchev–Trinajstić information content (AvgIpc) is 3.08. The van der Waals surface area contributed by atoms with Gasteiger partial charge in [0.05, 0.1) is 17.8 Å². The Balaban J connectivity index is 1.70. The van der Waals surface area contributed by atoms with Crippen molar-refractivity contribution in [2.75, 3.05) is 0 Å². The van der Waals surface area contributed by atoms with Gasteiger partial charge in [-0.25, -0.2) is 4.39 Å². The monoisotopic (exact) mass is 352 g/mol. The summed E-state index contributed by atoms with van der Waals surface area (Å²) < 4.78 is 15.7. The molecule has 1 heterocycles. The second-order valence-corrected chi connectivity index (χ2v) is 6.47. The van der Waals surface area contributed by atoms with Gasteiger partial charge >= 0.3 is 0 Å². The Bertz CT molecular complexity index is 622. The van der Waals surface area contributed by atoms with Crippen LogP contribution in [0.3, 0.4) is 0 Å². The van der Waals surface area contributed by atoms with Crippen LogP contribution in [-0.4, -0.2) is 14.9 Å². The second-order valence-electron chi connectivity index (χ2n) is 5.61. The van der Waals surface area contributed by atoms with E-state index in [2.05, 4.69) is 21.0 Å². The summed E-state index contributed by atoms with van der Waals surface area (Å²) in [7, 11) is 0. The molecule has 0 radical (unpaired) electrons. The number of aliphatic hydroxyl groups excluding tert-OH is 1. The van der Waals surface area contributed by atoms with Gasteiger partial charge in [0.25, 0.3) is 0 Å². The number of rotatable bonds is 4. The molecule has 1 aliphatic carbocycles. The minimum Gasteiger partial charge on any atom is -0.388 e. The molecule has 3 nitrogen and oxygen atoms in total. The summed E-state index contributed by atoms with van der Waals surface area (Å²) in [5.41, 5.74) is 1.55. The van der Waals surface area contributed by atoms with E-state index in [-0.39, 0.29) is 5.82 Å². The molecule has 0 amide bonds. The molecule has 5 heteroatoms. The minimum absolute atomic E-state index is 0.316. The first-order valence-electron chi connectivity index (χ1n) is 7.30. The summed E-state index contributed by atoms with van der Waals surface area (Å²) in [6.45, 7) is 0. The van der Waals surface area contributed by atoms with Gasteiger partial charge in [0.2, 0.25) is 0 Å². The molecule has 1 fully saturated rings. The van der Waals surface area contributed by atoms with Crippen molar-refractivity contribution in [3.05, 3.63) is 52.0 Å². The van der Waals surface area contributed by atoms with Gasteiger partial charge < -0.3 is 5.11 Å². The molecule has 3 rings (SSSR count). The van der Waals surface area contributed by atoms with Crippen LogP contribution in [-0.2, 0) is 6.42 Å². The third-order valence-corrected chi connectivity index (χ3v) is 4.77. The van der Waals surface area contributed by atoms with Crippen molar-refractivity contribution in [3.8, 4) is 0 Å². The lowest BCUT2D eigenvalue weighted by Crippen LogP contribution is -2.08. The van der Waals surface area contributed by atoms with Gasteiger partial charge in [-0.2, -0.15) is 5.10 Å². The Labute approximate surface area is 131 Å². The number of nitrogens with zero attached hydrogens (tertiary/aromatic N) is 2. The lowest BCUT2D eigenvalue weighted by atomic mass is 10.1. The third kappa shape index (κ3) is 3.35. The van der Waals surface area contributed by atoms with Gasteiger partial charge in [-0.1, -0.05) is 34.8 Å². The quantitative estimate of drug-likeness (QED) is 0.896. The molecular weight excluding hydrogens is 335 g/mol. The normalized spacial score (nSPS) is 17.3. The van der Waals surface area contributed by atoms with Crippen molar-refractivity contribution < 1.29 is 9.50 Å². The van der Waals surface area contributed by atoms with Crippen LogP contribution < -0.4 is 0 Å². The molecule has 1 N–H and O–H groups in total. The minimum atomic E-state index is -0.688. The summed E-state index contributed by atoms with van der Waals surface area (Å²) in [6.07, 6.45) is 6.66. The van der Waals surface area contributed by atoms with Gasteiger partial charge in [-0.15, -0.1) is 0 Å². The fraction of sp³-hybridized carbons (Fsp3) is 0.438. The number of aliphatic hydroxyl groups is 1. The molecule has 0 saturated heterocycles. The number of hydrogen-bond acceptors (Lipinski definition) is 2. The standard InChI is InChI=1S/C16H18BrFN2O/c17-15-9-11(18)5-6-14(15)16(21)10-12-7-8-20(19-12)13-3-1-2-4-13/h5-9,13,16,21H,1-4,10H2. The highest BCUT2D eigenvalue weighted by atomic mass is 79.9. The van der Waals surface area contributed by atoms with E-state index in [0.29, 0.717) is 22.5 Å². The van der Waals surface area contributed by atoms with E-state index in [1.54, 1.807) is 6.07 Å². The molecule has 112 valence electrons. The maximum Gasteiger partial charge on any atom is 0.124 e. The first kappa shape index (κ1) is 14.7. The fourth-order valence-electron chi connectivity index (χ4n) is 2.94. The van der Waals surface area contributed by atoms with E-state index in [1.807, 2.05) is 16.9 Å². The van der Waals surface area contributed by atoms with Gasteiger partial charge in [0.1, 0.15) is 5.82 Å². The molecule has 21 heavy (non-hydrogen) atoms. The van der Waals surface area contributed by atoms with Gasteiger partial charge in [-0.05, 0) is 36.6 Å². The average molecular weight is 353 g/mol. The maximum atomic E-state index is 13.1. The SMILES string of the molecule is OC(Cc1ccn(C2CCCC2)n1)c1ccc(F)cc1Br. The highest BCUT2D eigenvalue weighted by Crippen LogP contribution is 2.30. The van der Waals surface area contributed by atoms with Gasteiger partial charge in [-0.3, -0.25) is 4.68 Å². The number of aromatic nitrogens is 2. The van der Waals surface area contributed by atoms with Crippen molar-refractivity contribution in [2.24, 2.45) is 0 Å². The van der Waals surface area contributed by atoms with Crippen molar-refractivity contribution in [1.29, 1.82) is 0 Å². The predicted octanol–water partition coefficient (Wildman–Crippen LogP) is 4.18. The Kier molecular flexibility index (Phi) is 4.40. The highest BCUT2D eigenvalue weighted by Gasteiger charge is 2.19. The molecule has 1 aliphatic rings. The van der Waals surface area contributed by atoms with Crippen molar-refractivity contribution in [1.82, 2.24) is 9.78 Å². The van der Waals surface area contributed by atoms with Gasteiger partial charge in [0.15, 0.2) is 0 Å². The van der Waals surface area contributed by atoms with Crippen LogP contribution >= 0.6 is 15.9 Å². The molecule has 1 unspecified atom stereocenters. The number of benzene rings is 1. The molecule has 1 atom stereocenters. The van der Waals surface area contributed by atoms with E-state index in [1.165, 1.54) is 37.8 Å². The van der Waals surface area contributed by atoms with E-state index in [0.717, 1.165) is 5.69 Å². The topological polar surface area (TPSA) is 38.0 Å². The summed E-state index contributed by atoms with van der Waals surface area (Å²) >= 11 is 3.29. The Hall–Kier alpha value is -1.20. The summed E-state index contributed by atoms with van der Waals surface area (Å²) in [5, 5.41) is 14.9. The van der Waals surface area contributed by atoms with Crippen LogP contribution in [0.2, 0.25) is 0 Å². The Morgan fingerprint density at radius 2 is 2.10 bits per heavy atom. The second kappa shape index (κ2) is 6.28. The zero-order valence-electron chi connectivity index (χ0n) is 11.7. The maximum absolute atomic E-state index is 13.1. The lowest BCUT2D eigenvalue weighted by molar-refractivity contribution is 0.176. The molecule has 0 bridgehead atoms. The number of hydrogen-bond donors (Lipinski definition) is 1. The molecule has 1 aromatic heterocycles. The van der Waals surface area contributed by atoms with E-state index >= 15 is 0 Å². The fourth-order valence-corrected chi connectivity index (χ4v) is 3.55. The Morgan fingerprint density at radius 3 is 2.81 bits per heavy atom. The van der Waals surface area contributed by atoms with Crippen molar-refractivity contribution in [2.45, 2.75) is 44.2 Å². The number of halogens is 2. The van der Waals surface area contributed by atoms with E-state index < -0.39 is 6.10 Å². The van der Waals surface area contributed by atoms with Crippen LogP contribution in [0.4, 0.5) is 4.39 Å². The van der Waals surface area contributed by atoms with Crippen LogP contribution in [0.15, 0.2) is 34.9 Å². The Morgan fingerprint density at radius 1 is 1.33 bits per heavy atom. The summed E-state index contributed by atoms with van der Waals surface area (Å²) in [6, 6.07) is 6.81. The first-order chi connectivity index (χ1) is 10.1. The molecule has 0 spiro atoms. The van der Waals surface area contributed by atoms with Gasteiger partial charge in [0, 0.05) is 17.1 Å². The zero-order chi connectivity index (χ0) is 14.8. The van der Waals surface area contributed by atoms with E-state index in [9.17, 15) is 9.50 Å². The van der Waals surface area contributed by atoms with Crippen molar-refractivity contribution in [3.63, 3.8) is 0 Å². The predicted molar refractivity (Wildman–Crippen MR) is 82.5 cm³/mol. The van der Waals surface area contributed by atoms with Crippen LogP contribution in [0.1, 0.15) is 49.1 Å². The van der Waals surface area contributed by atoms with Crippen molar-refractivity contribution >= 4 is 15.9 Å².